The summed E-state index contributed by atoms with van der Waals surface area (Å²) in [7, 11) is 0. The second-order valence-corrected chi connectivity index (χ2v) is 5.60. The summed E-state index contributed by atoms with van der Waals surface area (Å²) in [5.41, 5.74) is 0. The van der Waals surface area contributed by atoms with Gasteiger partial charge in [-0.25, -0.2) is 0 Å². The maximum absolute atomic E-state index is 9.44. The minimum Gasteiger partial charge on any atom is -0.391 e. The van der Waals surface area contributed by atoms with Gasteiger partial charge in [0.1, 0.15) is 4.32 Å². The number of hydrogen-bond donors (Lipinski definition) is 2. The second-order valence-electron chi connectivity index (χ2n) is 2.99. The summed E-state index contributed by atoms with van der Waals surface area (Å²) in [5, 5.41) is 12.6. The van der Waals surface area contributed by atoms with Crippen LogP contribution in [-0.2, 0) is 0 Å². The van der Waals surface area contributed by atoms with Gasteiger partial charge in [0.05, 0.1) is 6.10 Å². The van der Waals surface area contributed by atoms with Gasteiger partial charge in [0.2, 0.25) is 0 Å². The van der Waals surface area contributed by atoms with Crippen molar-refractivity contribution >= 4 is 40.1 Å². The Morgan fingerprint density at radius 2 is 2.21 bits per heavy atom. The van der Waals surface area contributed by atoms with E-state index in [0.29, 0.717) is 5.75 Å². The van der Waals surface area contributed by atoms with Crippen molar-refractivity contribution in [1.82, 2.24) is 5.32 Å². The van der Waals surface area contributed by atoms with Crippen LogP contribution in [0.4, 0.5) is 0 Å². The summed E-state index contributed by atoms with van der Waals surface area (Å²) >= 11 is 8.29. The zero-order valence-corrected chi connectivity index (χ0v) is 11.2. The second kappa shape index (κ2) is 10.1. The zero-order valence-electron chi connectivity index (χ0n) is 8.78. The van der Waals surface area contributed by atoms with Crippen LogP contribution in [0.2, 0.25) is 0 Å². The summed E-state index contributed by atoms with van der Waals surface area (Å²) in [6, 6.07) is 0. The first kappa shape index (κ1) is 14.6. The maximum Gasteiger partial charge on any atom is 0.133 e. The van der Waals surface area contributed by atoms with Gasteiger partial charge in [-0.2, -0.15) is 11.8 Å². The van der Waals surface area contributed by atoms with Crippen LogP contribution in [0.5, 0.6) is 0 Å². The molecule has 0 rings (SSSR count). The normalized spacial score (nSPS) is 12.5. The van der Waals surface area contributed by atoms with Crippen molar-refractivity contribution in [2.45, 2.75) is 25.9 Å². The number of hydrogen-bond acceptors (Lipinski definition) is 4. The van der Waals surface area contributed by atoms with Crippen molar-refractivity contribution in [1.29, 1.82) is 0 Å². The van der Waals surface area contributed by atoms with E-state index in [1.165, 1.54) is 18.2 Å². The highest BCUT2D eigenvalue weighted by Gasteiger charge is 2.04. The van der Waals surface area contributed by atoms with E-state index in [1.807, 2.05) is 6.26 Å². The van der Waals surface area contributed by atoms with Gasteiger partial charge in [0, 0.05) is 18.1 Å². The van der Waals surface area contributed by atoms with Crippen molar-refractivity contribution in [2.75, 3.05) is 24.3 Å². The molecule has 0 radical (unpaired) electrons. The van der Waals surface area contributed by atoms with Crippen LogP contribution in [-0.4, -0.2) is 39.8 Å². The van der Waals surface area contributed by atoms with Crippen molar-refractivity contribution in [3.05, 3.63) is 0 Å². The molecule has 2 nitrogen and oxygen atoms in total. The first-order valence-corrected chi connectivity index (χ1v) is 7.57. The summed E-state index contributed by atoms with van der Waals surface area (Å²) in [6.45, 7) is 3.10. The molecule has 0 spiro atoms. The fraction of sp³-hybridized carbons (Fsp3) is 0.889. The molecule has 0 fully saturated rings. The van der Waals surface area contributed by atoms with E-state index in [9.17, 15) is 5.11 Å². The summed E-state index contributed by atoms with van der Waals surface area (Å²) in [6.07, 6.45) is 4.07. The van der Waals surface area contributed by atoms with Gasteiger partial charge in [0.15, 0.2) is 0 Å². The standard InChI is InChI=1S/C9H19NOS3/c1-3-4-5-10-9(12)14-7-8(11)6-13-2/h8,11H,3-7H2,1-2H3,(H,10,12). The molecule has 1 unspecified atom stereocenters. The fourth-order valence-corrected chi connectivity index (χ4v) is 2.45. The predicted molar refractivity (Wildman–Crippen MR) is 72.4 cm³/mol. The Balaban J connectivity index is 3.34. The first-order valence-electron chi connectivity index (χ1n) is 4.78. The third kappa shape index (κ3) is 9.12. The lowest BCUT2D eigenvalue weighted by Crippen LogP contribution is -2.22. The summed E-state index contributed by atoms with van der Waals surface area (Å²) < 4.78 is 0.804. The quantitative estimate of drug-likeness (QED) is 0.536. The van der Waals surface area contributed by atoms with Gasteiger partial charge >= 0.3 is 0 Å². The van der Waals surface area contributed by atoms with Crippen molar-refractivity contribution < 1.29 is 5.11 Å². The SMILES string of the molecule is CCCCNC(=S)SCC(O)CSC. The molecule has 0 heterocycles. The molecule has 0 amide bonds. The number of thiocarbonyl (C=S) groups is 1. The number of thioether (sulfide) groups is 2. The van der Waals surface area contributed by atoms with Gasteiger partial charge in [-0.15, -0.1) is 0 Å². The van der Waals surface area contributed by atoms with Crippen LogP contribution in [0.15, 0.2) is 0 Å². The number of nitrogens with one attached hydrogen (secondary N) is 1. The smallest absolute Gasteiger partial charge is 0.133 e. The lowest BCUT2D eigenvalue weighted by Gasteiger charge is -2.10. The minimum atomic E-state index is -0.249. The Kier molecular flexibility index (Phi) is 10.5. The van der Waals surface area contributed by atoms with E-state index in [1.54, 1.807) is 11.8 Å². The molecule has 84 valence electrons. The van der Waals surface area contributed by atoms with E-state index in [2.05, 4.69) is 12.2 Å². The molecule has 5 heteroatoms. The number of aliphatic hydroxyl groups excluding tert-OH is 1. The van der Waals surface area contributed by atoms with E-state index >= 15 is 0 Å². The number of rotatable bonds is 7. The molecule has 1 atom stereocenters. The monoisotopic (exact) mass is 253 g/mol. The molecule has 0 aromatic heterocycles. The Morgan fingerprint density at radius 3 is 2.79 bits per heavy atom. The summed E-state index contributed by atoms with van der Waals surface area (Å²) in [5.74, 6) is 1.48. The van der Waals surface area contributed by atoms with Crippen molar-refractivity contribution in [3.8, 4) is 0 Å². The highest BCUT2D eigenvalue weighted by atomic mass is 32.2. The van der Waals surface area contributed by atoms with Gasteiger partial charge in [-0.3, -0.25) is 0 Å². The van der Waals surface area contributed by atoms with Crippen LogP contribution in [0.25, 0.3) is 0 Å². The molecule has 0 aromatic rings. The molecule has 0 aliphatic carbocycles. The topological polar surface area (TPSA) is 32.3 Å². The predicted octanol–water partition coefficient (Wildman–Crippen LogP) is 2.12. The Morgan fingerprint density at radius 1 is 1.50 bits per heavy atom. The fourth-order valence-electron chi connectivity index (χ4n) is 0.831. The van der Waals surface area contributed by atoms with Crippen molar-refractivity contribution in [2.24, 2.45) is 0 Å². The molecular formula is C9H19NOS3. The average Bonchev–Trinajstić information content (AvgIpc) is 2.16. The molecule has 0 aromatic carbocycles. The lowest BCUT2D eigenvalue weighted by molar-refractivity contribution is 0.225. The highest BCUT2D eigenvalue weighted by Crippen LogP contribution is 2.07. The van der Waals surface area contributed by atoms with E-state index < -0.39 is 0 Å². The van der Waals surface area contributed by atoms with Crippen LogP contribution in [0.3, 0.4) is 0 Å². The molecular weight excluding hydrogens is 234 g/mol. The van der Waals surface area contributed by atoms with E-state index in [0.717, 1.165) is 23.0 Å². The number of unbranched alkanes of at least 4 members (excludes halogenated alkanes) is 1. The Bertz CT molecular complexity index is 155. The van der Waals surface area contributed by atoms with Crippen LogP contribution in [0.1, 0.15) is 19.8 Å². The minimum absolute atomic E-state index is 0.249. The van der Waals surface area contributed by atoms with Gasteiger partial charge in [-0.05, 0) is 12.7 Å². The molecule has 0 saturated heterocycles. The molecule has 2 N–H and O–H groups in total. The van der Waals surface area contributed by atoms with Gasteiger partial charge < -0.3 is 10.4 Å². The molecule has 0 bridgehead atoms. The molecule has 0 saturated carbocycles. The van der Waals surface area contributed by atoms with Crippen molar-refractivity contribution in [3.63, 3.8) is 0 Å². The van der Waals surface area contributed by atoms with Crippen LogP contribution in [0, 0.1) is 0 Å². The average molecular weight is 253 g/mol. The largest absolute Gasteiger partial charge is 0.391 e. The maximum atomic E-state index is 9.44. The highest BCUT2D eigenvalue weighted by molar-refractivity contribution is 8.23. The third-order valence-electron chi connectivity index (χ3n) is 1.57. The zero-order chi connectivity index (χ0) is 10.8. The van der Waals surface area contributed by atoms with Crippen LogP contribution >= 0.6 is 35.7 Å². The Labute approximate surface area is 101 Å². The van der Waals surface area contributed by atoms with Gasteiger partial charge in [0.25, 0.3) is 0 Å². The first-order chi connectivity index (χ1) is 6.70. The number of aliphatic hydroxyl groups is 1. The van der Waals surface area contributed by atoms with Gasteiger partial charge in [-0.1, -0.05) is 37.3 Å². The van der Waals surface area contributed by atoms with E-state index in [-0.39, 0.29) is 6.10 Å². The van der Waals surface area contributed by atoms with Crippen LogP contribution < -0.4 is 5.32 Å². The molecule has 0 aliphatic heterocycles. The third-order valence-corrected chi connectivity index (χ3v) is 3.74. The van der Waals surface area contributed by atoms with E-state index in [4.69, 9.17) is 12.2 Å². The molecule has 0 aliphatic rings. The molecule has 14 heavy (non-hydrogen) atoms. The lowest BCUT2D eigenvalue weighted by atomic mass is 10.3. The summed E-state index contributed by atoms with van der Waals surface area (Å²) in [4.78, 5) is 0. The Hall–Kier alpha value is 0.550.